The summed E-state index contributed by atoms with van der Waals surface area (Å²) in [6.45, 7) is 9.05. The number of rotatable bonds is 2. The van der Waals surface area contributed by atoms with E-state index in [0.717, 1.165) is 6.54 Å². The molecule has 0 unspecified atom stereocenters. The Morgan fingerprint density at radius 3 is 2.71 bits per heavy atom. The van der Waals surface area contributed by atoms with Crippen LogP contribution in [0.3, 0.4) is 0 Å². The predicted octanol–water partition coefficient (Wildman–Crippen LogP) is 0.966. The van der Waals surface area contributed by atoms with Crippen LogP contribution in [0.15, 0.2) is 0 Å². The van der Waals surface area contributed by atoms with Gasteiger partial charge in [-0.05, 0) is 34.1 Å². The van der Waals surface area contributed by atoms with Crippen LogP contribution in [0.25, 0.3) is 0 Å². The highest BCUT2D eigenvalue weighted by Crippen LogP contribution is 2.15. The molecule has 2 N–H and O–H groups in total. The van der Waals surface area contributed by atoms with E-state index in [1.807, 2.05) is 27.7 Å². The summed E-state index contributed by atoms with van der Waals surface area (Å²) in [4.78, 5) is 13.7. The minimum Gasteiger partial charge on any atom is -0.444 e. The van der Waals surface area contributed by atoms with E-state index in [0.29, 0.717) is 13.0 Å². The smallest absolute Gasteiger partial charge is 0.410 e. The highest BCUT2D eigenvalue weighted by atomic mass is 16.6. The quantitative estimate of drug-likeness (QED) is 0.759. The fourth-order valence-corrected chi connectivity index (χ4v) is 1.85. The first-order valence-electron chi connectivity index (χ1n) is 6.17. The first kappa shape index (κ1) is 14.3. The second kappa shape index (κ2) is 5.69. The molecule has 1 aliphatic heterocycles. The van der Waals surface area contributed by atoms with Crippen LogP contribution < -0.4 is 5.32 Å². The van der Waals surface area contributed by atoms with Crippen molar-refractivity contribution < 1.29 is 14.6 Å². The van der Waals surface area contributed by atoms with Gasteiger partial charge in [0.2, 0.25) is 0 Å². The van der Waals surface area contributed by atoms with Crippen LogP contribution in [0.2, 0.25) is 0 Å². The first-order valence-corrected chi connectivity index (χ1v) is 6.17. The van der Waals surface area contributed by atoms with Crippen LogP contribution in [-0.4, -0.2) is 53.5 Å². The summed E-state index contributed by atoms with van der Waals surface area (Å²) < 4.78 is 5.37. The molecule has 1 heterocycles. The van der Waals surface area contributed by atoms with Gasteiger partial charge in [0.15, 0.2) is 0 Å². The lowest BCUT2D eigenvalue weighted by Gasteiger charge is -2.39. The summed E-state index contributed by atoms with van der Waals surface area (Å²) in [6.07, 6.45) is 0.390. The second-order valence-corrected chi connectivity index (χ2v) is 5.60. The summed E-state index contributed by atoms with van der Waals surface area (Å²) in [5.41, 5.74) is -0.464. The minimum atomic E-state index is -0.464. The number of carbonyl (C=O) groups is 1. The largest absolute Gasteiger partial charge is 0.444 e. The monoisotopic (exact) mass is 244 g/mol. The average Bonchev–Trinajstić information content (AvgIpc) is 2.18. The molecule has 100 valence electrons. The van der Waals surface area contributed by atoms with Crippen LogP contribution in [-0.2, 0) is 4.74 Å². The number of aliphatic hydroxyl groups is 1. The summed E-state index contributed by atoms with van der Waals surface area (Å²) in [7, 11) is 0. The van der Waals surface area contributed by atoms with Crippen LogP contribution >= 0.6 is 0 Å². The van der Waals surface area contributed by atoms with Gasteiger partial charge in [-0.25, -0.2) is 4.79 Å². The number of aliphatic hydroxyl groups excluding tert-OH is 1. The Labute approximate surface area is 103 Å². The Hall–Kier alpha value is -0.810. The molecule has 0 aliphatic carbocycles. The predicted molar refractivity (Wildman–Crippen MR) is 65.9 cm³/mol. The van der Waals surface area contributed by atoms with E-state index in [2.05, 4.69) is 5.32 Å². The maximum absolute atomic E-state index is 12.0. The van der Waals surface area contributed by atoms with Gasteiger partial charge in [-0.2, -0.15) is 0 Å². The lowest BCUT2D eigenvalue weighted by molar-refractivity contribution is 0.00851. The van der Waals surface area contributed by atoms with Gasteiger partial charge in [0.1, 0.15) is 5.60 Å². The normalized spacial score (nSPS) is 25.8. The third-order valence-corrected chi connectivity index (χ3v) is 2.76. The molecule has 5 nitrogen and oxygen atoms in total. The van der Waals surface area contributed by atoms with Gasteiger partial charge >= 0.3 is 6.09 Å². The maximum atomic E-state index is 12.0. The van der Waals surface area contributed by atoms with Crippen molar-refractivity contribution in [2.75, 3.05) is 19.7 Å². The Morgan fingerprint density at radius 2 is 2.18 bits per heavy atom. The van der Waals surface area contributed by atoms with Crippen molar-refractivity contribution in [3.05, 3.63) is 0 Å². The van der Waals surface area contributed by atoms with Crippen molar-refractivity contribution in [3.8, 4) is 0 Å². The summed E-state index contributed by atoms with van der Waals surface area (Å²) in [6, 6.07) is 0.281. The highest BCUT2D eigenvalue weighted by Gasteiger charge is 2.31. The Kier molecular flexibility index (Phi) is 4.77. The Morgan fingerprint density at radius 1 is 1.53 bits per heavy atom. The molecule has 0 aromatic rings. The highest BCUT2D eigenvalue weighted by molar-refractivity contribution is 5.68. The van der Waals surface area contributed by atoms with E-state index in [1.54, 1.807) is 4.90 Å². The molecule has 0 bridgehead atoms. The fraction of sp³-hybridized carbons (Fsp3) is 0.917. The van der Waals surface area contributed by atoms with Crippen molar-refractivity contribution in [1.29, 1.82) is 0 Å². The summed E-state index contributed by atoms with van der Waals surface area (Å²) in [5, 5.41) is 12.2. The zero-order valence-electron chi connectivity index (χ0n) is 11.2. The first-order chi connectivity index (χ1) is 7.83. The van der Waals surface area contributed by atoms with E-state index >= 15 is 0 Å². The molecule has 1 amide bonds. The number of hydrogen-bond acceptors (Lipinski definition) is 4. The molecular formula is C12H24N2O3. The van der Waals surface area contributed by atoms with Crippen molar-refractivity contribution in [3.63, 3.8) is 0 Å². The van der Waals surface area contributed by atoms with Crippen LogP contribution in [0, 0.1) is 0 Å². The van der Waals surface area contributed by atoms with Crippen LogP contribution in [0.4, 0.5) is 4.79 Å². The van der Waals surface area contributed by atoms with Crippen LogP contribution in [0.5, 0.6) is 0 Å². The standard InChI is InChI=1S/C12H24N2O3/c1-9-7-13-10(5-6-15)8-14(9)11(16)17-12(2,3)4/h9-10,13,15H,5-8H2,1-4H3/t9-,10+/m1/s1. The molecule has 0 aromatic heterocycles. The van der Waals surface area contributed by atoms with E-state index in [-0.39, 0.29) is 24.8 Å². The number of piperazine rings is 1. The van der Waals surface area contributed by atoms with Gasteiger partial charge in [0, 0.05) is 31.8 Å². The number of nitrogens with one attached hydrogen (secondary N) is 1. The van der Waals surface area contributed by atoms with Crippen molar-refractivity contribution in [2.45, 2.75) is 51.8 Å². The van der Waals surface area contributed by atoms with Gasteiger partial charge in [0.05, 0.1) is 0 Å². The topological polar surface area (TPSA) is 61.8 Å². The lowest BCUT2D eigenvalue weighted by atomic mass is 10.1. The third kappa shape index (κ3) is 4.52. The number of amides is 1. The van der Waals surface area contributed by atoms with E-state index < -0.39 is 5.60 Å². The summed E-state index contributed by atoms with van der Waals surface area (Å²) in [5.74, 6) is 0. The van der Waals surface area contributed by atoms with Gasteiger partial charge < -0.3 is 20.1 Å². The van der Waals surface area contributed by atoms with E-state index in [4.69, 9.17) is 9.84 Å². The molecule has 0 radical (unpaired) electrons. The van der Waals surface area contributed by atoms with Gasteiger partial charge in [-0.3, -0.25) is 0 Å². The molecule has 1 fully saturated rings. The SMILES string of the molecule is C[C@@H]1CN[C@@H](CCO)CN1C(=O)OC(C)(C)C. The minimum absolute atomic E-state index is 0.125. The summed E-state index contributed by atoms with van der Waals surface area (Å²) >= 11 is 0. The molecule has 0 spiro atoms. The number of hydrogen-bond donors (Lipinski definition) is 2. The average molecular weight is 244 g/mol. The Balaban J connectivity index is 2.57. The molecule has 1 rings (SSSR count). The Bertz CT molecular complexity index is 263. The van der Waals surface area contributed by atoms with Gasteiger partial charge in [-0.15, -0.1) is 0 Å². The lowest BCUT2D eigenvalue weighted by Crippen LogP contribution is -2.58. The van der Waals surface area contributed by atoms with Gasteiger partial charge in [-0.1, -0.05) is 0 Å². The molecule has 17 heavy (non-hydrogen) atoms. The van der Waals surface area contributed by atoms with Crippen molar-refractivity contribution >= 4 is 6.09 Å². The zero-order valence-corrected chi connectivity index (χ0v) is 11.2. The van der Waals surface area contributed by atoms with Crippen molar-refractivity contribution in [2.24, 2.45) is 0 Å². The molecule has 0 saturated carbocycles. The molecule has 0 aromatic carbocycles. The van der Waals surface area contributed by atoms with Crippen molar-refractivity contribution in [1.82, 2.24) is 10.2 Å². The van der Waals surface area contributed by atoms with E-state index in [1.165, 1.54) is 0 Å². The molecular weight excluding hydrogens is 220 g/mol. The van der Waals surface area contributed by atoms with Gasteiger partial charge in [0.25, 0.3) is 0 Å². The number of carbonyl (C=O) groups excluding carboxylic acids is 1. The second-order valence-electron chi connectivity index (χ2n) is 5.60. The zero-order chi connectivity index (χ0) is 13.1. The number of nitrogens with zero attached hydrogens (tertiary/aromatic N) is 1. The molecule has 1 saturated heterocycles. The number of ether oxygens (including phenoxy) is 1. The van der Waals surface area contributed by atoms with E-state index in [9.17, 15) is 4.79 Å². The fourth-order valence-electron chi connectivity index (χ4n) is 1.85. The molecule has 1 aliphatic rings. The van der Waals surface area contributed by atoms with Crippen LogP contribution in [0.1, 0.15) is 34.1 Å². The maximum Gasteiger partial charge on any atom is 0.410 e. The molecule has 2 atom stereocenters. The third-order valence-electron chi connectivity index (χ3n) is 2.76. The molecule has 5 heteroatoms.